The van der Waals surface area contributed by atoms with Crippen molar-refractivity contribution in [1.82, 2.24) is 4.90 Å². The Bertz CT molecular complexity index is 440. The Morgan fingerprint density at radius 3 is 2.32 bits per heavy atom. The van der Waals surface area contributed by atoms with Crippen molar-refractivity contribution in [2.45, 2.75) is 11.5 Å². The van der Waals surface area contributed by atoms with Crippen molar-refractivity contribution < 1.29 is 13.2 Å². The van der Waals surface area contributed by atoms with Gasteiger partial charge in [-0.05, 0) is 24.7 Å². The zero-order chi connectivity index (χ0) is 14.0. The summed E-state index contributed by atoms with van der Waals surface area (Å²) in [5, 5.41) is 0.213. The number of likely N-dealkylation sites (N-methyl/N-ethyl adjacent to an activating group) is 1. The highest BCUT2D eigenvalue weighted by Crippen LogP contribution is 2.35. The molecule has 1 aliphatic heterocycles. The van der Waals surface area contributed by atoms with Crippen molar-refractivity contribution in [3.05, 3.63) is 29.3 Å². The second-order valence-electron chi connectivity index (χ2n) is 4.76. The smallest absolute Gasteiger partial charge is 0.369 e. The Labute approximate surface area is 119 Å². The molecule has 1 aromatic rings. The molecule has 2 nitrogen and oxygen atoms in total. The fourth-order valence-electron chi connectivity index (χ4n) is 2.21. The van der Waals surface area contributed by atoms with Gasteiger partial charge < -0.3 is 9.80 Å². The van der Waals surface area contributed by atoms with Gasteiger partial charge in [0, 0.05) is 37.2 Å². The Morgan fingerprint density at radius 1 is 1.16 bits per heavy atom. The van der Waals surface area contributed by atoms with Crippen LogP contribution in [0, 0.1) is 0 Å². The number of anilines is 1. The number of rotatable bonds is 2. The lowest BCUT2D eigenvalue weighted by Gasteiger charge is -2.34. The van der Waals surface area contributed by atoms with Crippen LogP contribution in [0.15, 0.2) is 18.2 Å². The fraction of sp³-hybridized carbons (Fsp3) is 0.538. The third-order valence-electron chi connectivity index (χ3n) is 3.41. The molecule has 106 valence electrons. The van der Waals surface area contributed by atoms with E-state index >= 15 is 0 Å². The molecule has 0 atom stereocenters. The van der Waals surface area contributed by atoms with Crippen LogP contribution >= 0.6 is 15.9 Å². The molecule has 2 rings (SSSR count). The summed E-state index contributed by atoms with van der Waals surface area (Å²) in [6, 6.07) is 4.60. The first kappa shape index (κ1) is 14.7. The Kier molecular flexibility index (Phi) is 4.40. The maximum absolute atomic E-state index is 13.0. The highest BCUT2D eigenvalue weighted by molar-refractivity contribution is 9.08. The predicted molar refractivity (Wildman–Crippen MR) is 73.8 cm³/mol. The maximum atomic E-state index is 13.0. The van der Waals surface area contributed by atoms with Crippen molar-refractivity contribution in [1.29, 1.82) is 0 Å². The molecule has 0 saturated carbocycles. The molecule has 0 amide bonds. The van der Waals surface area contributed by atoms with Crippen LogP contribution in [-0.2, 0) is 11.5 Å². The first-order chi connectivity index (χ1) is 8.91. The number of hydrogen-bond donors (Lipinski definition) is 0. The molecule has 0 N–H and O–H groups in total. The average Bonchev–Trinajstić information content (AvgIpc) is 2.38. The number of hydrogen-bond acceptors (Lipinski definition) is 2. The zero-order valence-corrected chi connectivity index (χ0v) is 12.3. The van der Waals surface area contributed by atoms with Gasteiger partial charge >= 0.3 is 6.18 Å². The van der Waals surface area contributed by atoms with E-state index in [1.54, 1.807) is 12.1 Å². The molecule has 1 saturated heterocycles. The van der Waals surface area contributed by atoms with Gasteiger partial charge in [0.05, 0.1) is 5.56 Å². The largest absolute Gasteiger partial charge is 0.416 e. The molecular weight excluding hydrogens is 321 g/mol. The third kappa shape index (κ3) is 3.42. The van der Waals surface area contributed by atoms with Gasteiger partial charge in [-0.3, -0.25) is 0 Å². The molecule has 0 radical (unpaired) electrons. The second-order valence-corrected chi connectivity index (χ2v) is 5.32. The monoisotopic (exact) mass is 336 g/mol. The van der Waals surface area contributed by atoms with E-state index < -0.39 is 11.7 Å². The SMILES string of the molecule is CN1CCN(c2ccc(CBr)c(C(F)(F)F)c2)CC1. The van der Waals surface area contributed by atoms with E-state index in [9.17, 15) is 13.2 Å². The van der Waals surface area contributed by atoms with Crippen LogP contribution in [0.3, 0.4) is 0 Å². The lowest BCUT2D eigenvalue weighted by Crippen LogP contribution is -2.44. The van der Waals surface area contributed by atoms with Gasteiger partial charge in [-0.25, -0.2) is 0 Å². The van der Waals surface area contributed by atoms with Gasteiger partial charge in [-0.2, -0.15) is 13.2 Å². The lowest BCUT2D eigenvalue weighted by molar-refractivity contribution is -0.138. The Morgan fingerprint density at radius 2 is 1.79 bits per heavy atom. The maximum Gasteiger partial charge on any atom is 0.416 e. The quantitative estimate of drug-likeness (QED) is 0.764. The lowest BCUT2D eigenvalue weighted by atomic mass is 10.1. The molecule has 0 bridgehead atoms. The summed E-state index contributed by atoms with van der Waals surface area (Å²) in [5.74, 6) is 0. The molecule has 0 aromatic heterocycles. The van der Waals surface area contributed by atoms with Crippen molar-refractivity contribution in [2.24, 2.45) is 0 Å². The highest BCUT2D eigenvalue weighted by Gasteiger charge is 2.33. The predicted octanol–water partition coefficient (Wildman–Crippen LogP) is 3.35. The molecule has 19 heavy (non-hydrogen) atoms. The van der Waals surface area contributed by atoms with Crippen molar-refractivity contribution in [3.8, 4) is 0 Å². The minimum Gasteiger partial charge on any atom is -0.369 e. The topological polar surface area (TPSA) is 6.48 Å². The summed E-state index contributed by atoms with van der Waals surface area (Å²) in [7, 11) is 2.02. The van der Waals surface area contributed by atoms with E-state index in [0.29, 0.717) is 5.69 Å². The average molecular weight is 337 g/mol. The molecule has 1 heterocycles. The number of nitrogens with zero attached hydrogens (tertiary/aromatic N) is 2. The van der Waals surface area contributed by atoms with Crippen LogP contribution in [-0.4, -0.2) is 38.1 Å². The van der Waals surface area contributed by atoms with Gasteiger partial charge in [-0.15, -0.1) is 0 Å². The van der Waals surface area contributed by atoms with E-state index in [1.807, 2.05) is 11.9 Å². The van der Waals surface area contributed by atoms with Crippen molar-refractivity contribution in [2.75, 3.05) is 38.1 Å². The summed E-state index contributed by atoms with van der Waals surface area (Å²) in [5.41, 5.74) is 0.399. The Hall–Kier alpha value is -0.750. The van der Waals surface area contributed by atoms with E-state index in [1.165, 1.54) is 6.07 Å². The first-order valence-corrected chi connectivity index (χ1v) is 7.23. The van der Waals surface area contributed by atoms with E-state index in [2.05, 4.69) is 20.8 Å². The number of halogens is 4. The van der Waals surface area contributed by atoms with Crippen LogP contribution in [0.1, 0.15) is 11.1 Å². The second kappa shape index (κ2) is 5.71. The summed E-state index contributed by atoms with van der Waals surface area (Å²) < 4.78 is 39.0. The van der Waals surface area contributed by atoms with E-state index in [4.69, 9.17) is 0 Å². The molecule has 0 aliphatic carbocycles. The van der Waals surface area contributed by atoms with Gasteiger partial charge in [0.2, 0.25) is 0 Å². The molecule has 0 unspecified atom stereocenters. The number of piperazine rings is 1. The van der Waals surface area contributed by atoms with Gasteiger partial charge in [-0.1, -0.05) is 22.0 Å². The van der Waals surface area contributed by atoms with Gasteiger partial charge in [0.25, 0.3) is 0 Å². The molecule has 6 heteroatoms. The van der Waals surface area contributed by atoms with Crippen LogP contribution in [0.25, 0.3) is 0 Å². The van der Waals surface area contributed by atoms with Gasteiger partial charge in [0.1, 0.15) is 0 Å². The molecule has 1 fully saturated rings. The zero-order valence-electron chi connectivity index (χ0n) is 10.7. The number of benzene rings is 1. The fourth-order valence-corrected chi connectivity index (χ4v) is 2.70. The summed E-state index contributed by atoms with van der Waals surface area (Å²) in [4.78, 5) is 4.18. The highest BCUT2D eigenvalue weighted by atomic mass is 79.9. The van der Waals surface area contributed by atoms with Crippen LogP contribution in [0.4, 0.5) is 18.9 Å². The first-order valence-electron chi connectivity index (χ1n) is 6.11. The van der Waals surface area contributed by atoms with Gasteiger partial charge in [0.15, 0.2) is 0 Å². The summed E-state index contributed by atoms with van der Waals surface area (Å²) in [6.45, 7) is 3.28. The van der Waals surface area contributed by atoms with Crippen LogP contribution < -0.4 is 4.90 Å². The van der Waals surface area contributed by atoms with E-state index in [0.717, 1.165) is 26.2 Å². The number of alkyl halides is 4. The Balaban J connectivity index is 2.28. The van der Waals surface area contributed by atoms with Crippen molar-refractivity contribution >= 4 is 21.6 Å². The summed E-state index contributed by atoms with van der Waals surface area (Å²) >= 11 is 3.11. The summed E-state index contributed by atoms with van der Waals surface area (Å²) in [6.07, 6.45) is -4.30. The minimum absolute atomic E-state index is 0.213. The minimum atomic E-state index is -4.30. The van der Waals surface area contributed by atoms with Crippen molar-refractivity contribution in [3.63, 3.8) is 0 Å². The van der Waals surface area contributed by atoms with Crippen LogP contribution in [0.2, 0.25) is 0 Å². The normalized spacial score (nSPS) is 17.8. The molecular formula is C13H16BrF3N2. The van der Waals surface area contributed by atoms with E-state index in [-0.39, 0.29) is 10.9 Å². The molecule has 1 aromatic carbocycles. The standard InChI is InChI=1S/C13H16BrF3N2/c1-18-4-6-19(7-5-18)11-3-2-10(9-14)12(8-11)13(15,16)17/h2-3,8H,4-7,9H2,1H3. The molecule has 1 aliphatic rings. The third-order valence-corrected chi connectivity index (χ3v) is 4.02. The van der Waals surface area contributed by atoms with Crippen LogP contribution in [0.5, 0.6) is 0 Å². The molecule has 0 spiro atoms.